The molecular weight excluding hydrogens is 178 g/mol. The molecule has 0 aliphatic rings. The molecule has 1 nitrogen and oxygen atoms in total. The number of aromatic nitrogens is 1. The van der Waals surface area contributed by atoms with E-state index < -0.39 is 0 Å². The van der Waals surface area contributed by atoms with Crippen molar-refractivity contribution in [1.82, 2.24) is 4.98 Å². The van der Waals surface area contributed by atoms with Gasteiger partial charge in [0.05, 0.1) is 5.69 Å². The quantitative estimate of drug-likeness (QED) is 0.719. The third-order valence-electron chi connectivity index (χ3n) is 1.79. The van der Waals surface area contributed by atoms with Crippen LogP contribution in [-0.2, 0) is 6.42 Å². The predicted octanol–water partition coefficient (Wildman–Crippen LogP) is 3.04. The minimum atomic E-state index is 0. The lowest BCUT2D eigenvalue weighted by Gasteiger charge is -2.01. The zero-order chi connectivity index (χ0) is 8.97. The maximum atomic E-state index is 4.39. The van der Waals surface area contributed by atoms with Gasteiger partial charge in [0.1, 0.15) is 0 Å². The molecule has 0 aliphatic heterocycles. The van der Waals surface area contributed by atoms with Crippen molar-refractivity contribution in [3.63, 3.8) is 0 Å². The number of pyridine rings is 1. The van der Waals surface area contributed by atoms with Crippen molar-refractivity contribution in [1.29, 1.82) is 0 Å². The summed E-state index contributed by atoms with van der Waals surface area (Å²) < 4.78 is 0. The number of rotatable bonds is 3. The van der Waals surface area contributed by atoms with E-state index in [1.807, 2.05) is 12.1 Å². The summed E-state index contributed by atoms with van der Waals surface area (Å²) >= 11 is 0. The van der Waals surface area contributed by atoms with Crippen LogP contribution in [0.4, 0.5) is 0 Å². The molecule has 0 spiro atoms. The third-order valence-corrected chi connectivity index (χ3v) is 1.79. The number of nitrogens with zero attached hydrogens (tertiary/aromatic N) is 1. The zero-order valence-electron chi connectivity index (χ0n) is 7.88. The van der Waals surface area contributed by atoms with Crippen LogP contribution in [0.3, 0.4) is 0 Å². The number of hydrogen-bond donors (Lipinski definition) is 0. The molecule has 0 radical (unpaired) electrons. The zero-order valence-corrected chi connectivity index (χ0v) is 8.88. The van der Waals surface area contributed by atoms with Gasteiger partial charge in [-0.25, -0.2) is 0 Å². The van der Waals surface area contributed by atoms with Gasteiger partial charge >= 0.3 is 0 Å². The topological polar surface area (TPSA) is 12.9 Å². The monoisotopic (exact) mass is 193 g/mol. The molecule has 1 aromatic heterocycles. The van der Waals surface area contributed by atoms with Gasteiger partial charge in [-0.2, -0.15) is 13.5 Å². The van der Waals surface area contributed by atoms with E-state index in [0.717, 1.165) is 23.4 Å². The minimum absolute atomic E-state index is 0. The molecule has 0 N–H and O–H groups in total. The van der Waals surface area contributed by atoms with E-state index in [2.05, 4.69) is 25.1 Å². The molecule has 0 amide bonds. The van der Waals surface area contributed by atoms with Gasteiger partial charge in [0.25, 0.3) is 0 Å². The molecule has 0 atom stereocenters. The van der Waals surface area contributed by atoms with Gasteiger partial charge in [-0.3, -0.25) is 4.98 Å². The van der Waals surface area contributed by atoms with Crippen LogP contribution in [0.25, 0.3) is 12.2 Å². The third kappa shape index (κ3) is 2.74. The van der Waals surface area contributed by atoms with Crippen LogP contribution in [0.2, 0.25) is 0 Å². The molecule has 0 unspecified atom stereocenters. The molecule has 0 aliphatic carbocycles. The van der Waals surface area contributed by atoms with Crippen molar-refractivity contribution in [2.45, 2.75) is 13.3 Å². The molecular formula is C11H15NS. The van der Waals surface area contributed by atoms with E-state index in [4.69, 9.17) is 0 Å². The van der Waals surface area contributed by atoms with Crippen molar-refractivity contribution >= 4 is 25.6 Å². The SMILES string of the molecule is C=Cc1ccc(CC)nc1C=C.S. The van der Waals surface area contributed by atoms with Crippen LogP contribution < -0.4 is 0 Å². The Morgan fingerprint density at radius 3 is 2.46 bits per heavy atom. The van der Waals surface area contributed by atoms with Gasteiger partial charge in [-0.15, -0.1) is 0 Å². The number of hydrogen-bond acceptors (Lipinski definition) is 1. The lowest BCUT2D eigenvalue weighted by Crippen LogP contribution is -1.91. The first-order valence-corrected chi connectivity index (χ1v) is 4.06. The molecule has 0 fully saturated rings. The Kier molecular flexibility index (Phi) is 5.16. The largest absolute Gasteiger partial charge is 0.253 e. The Morgan fingerprint density at radius 2 is 2.00 bits per heavy atom. The van der Waals surface area contributed by atoms with E-state index >= 15 is 0 Å². The second-order valence-corrected chi connectivity index (χ2v) is 2.54. The van der Waals surface area contributed by atoms with E-state index in [0.29, 0.717) is 0 Å². The summed E-state index contributed by atoms with van der Waals surface area (Å²) in [5.41, 5.74) is 3.06. The Hall–Kier alpha value is -1.02. The van der Waals surface area contributed by atoms with Crippen LogP contribution in [0, 0.1) is 0 Å². The van der Waals surface area contributed by atoms with Crippen LogP contribution in [-0.4, -0.2) is 4.98 Å². The Balaban J connectivity index is 0.00000144. The van der Waals surface area contributed by atoms with Crippen molar-refractivity contribution < 1.29 is 0 Å². The van der Waals surface area contributed by atoms with E-state index in [1.54, 1.807) is 12.2 Å². The summed E-state index contributed by atoms with van der Waals surface area (Å²) in [4.78, 5) is 4.39. The van der Waals surface area contributed by atoms with Crippen LogP contribution in [0.5, 0.6) is 0 Å². The second-order valence-electron chi connectivity index (χ2n) is 2.54. The molecule has 0 saturated heterocycles. The Labute approximate surface area is 86.7 Å². The van der Waals surface area contributed by atoms with Gasteiger partial charge in [0.2, 0.25) is 0 Å². The molecule has 0 bridgehead atoms. The maximum absolute atomic E-state index is 4.39. The summed E-state index contributed by atoms with van der Waals surface area (Å²) in [6, 6.07) is 4.04. The van der Waals surface area contributed by atoms with Gasteiger partial charge in [0.15, 0.2) is 0 Å². The van der Waals surface area contributed by atoms with Gasteiger partial charge < -0.3 is 0 Å². The molecule has 13 heavy (non-hydrogen) atoms. The van der Waals surface area contributed by atoms with Crippen molar-refractivity contribution in [3.05, 3.63) is 42.2 Å². The summed E-state index contributed by atoms with van der Waals surface area (Å²) in [5, 5.41) is 0. The van der Waals surface area contributed by atoms with Crippen LogP contribution in [0.15, 0.2) is 25.3 Å². The predicted molar refractivity (Wildman–Crippen MR) is 64.2 cm³/mol. The summed E-state index contributed by atoms with van der Waals surface area (Å²) in [6.07, 6.45) is 4.51. The second kappa shape index (κ2) is 5.60. The van der Waals surface area contributed by atoms with Gasteiger partial charge in [-0.05, 0) is 24.1 Å². The highest BCUT2D eigenvalue weighted by atomic mass is 32.1. The first kappa shape index (κ1) is 12.0. The average molecular weight is 193 g/mol. The maximum Gasteiger partial charge on any atom is 0.0699 e. The number of aryl methyl sites for hydroxylation is 1. The van der Waals surface area contributed by atoms with E-state index in [-0.39, 0.29) is 13.5 Å². The molecule has 1 rings (SSSR count). The first-order chi connectivity index (χ1) is 5.81. The highest BCUT2D eigenvalue weighted by molar-refractivity contribution is 7.59. The fourth-order valence-corrected chi connectivity index (χ4v) is 1.06. The van der Waals surface area contributed by atoms with E-state index in [1.165, 1.54) is 0 Å². The standard InChI is InChI=1S/C11H13N.H2S/c1-4-9-7-8-10(5-2)12-11(9)6-3;/h4,6-8H,1,3,5H2,2H3;1H2. The molecule has 2 heteroatoms. The highest BCUT2D eigenvalue weighted by Gasteiger charge is 1.97. The van der Waals surface area contributed by atoms with Gasteiger partial charge in [-0.1, -0.05) is 32.2 Å². The summed E-state index contributed by atoms with van der Waals surface area (Å²) in [5.74, 6) is 0. The van der Waals surface area contributed by atoms with Crippen molar-refractivity contribution in [2.75, 3.05) is 0 Å². The fourth-order valence-electron chi connectivity index (χ4n) is 1.06. The lowest BCUT2D eigenvalue weighted by molar-refractivity contribution is 1.03. The summed E-state index contributed by atoms with van der Waals surface area (Å²) in [7, 11) is 0. The Morgan fingerprint density at radius 1 is 1.31 bits per heavy atom. The van der Waals surface area contributed by atoms with Crippen molar-refractivity contribution in [3.8, 4) is 0 Å². The van der Waals surface area contributed by atoms with Gasteiger partial charge in [0, 0.05) is 5.69 Å². The average Bonchev–Trinajstić information content (AvgIpc) is 2.16. The molecule has 1 heterocycles. The van der Waals surface area contributed by atoms with Crippen molar-refractivity contribution in [2.24, 2.45) is 0 Å². The van der Waals surface area contributed by atoms with Crippen LogP contribution >= 0.6 is 13.5 Å². The fraction of sp³-hybridized carbons (Fsp3) is 0.182. The molecule has 1 aromatic rings. The van der Waals surface area contributed by atoms with Crippen LogP contribution in [0.1, 0.15) is 23.9 Å². The highest BCUT2D eigenvalue weighted by Crippen LogP contribution is 2.10. The van der Waals surface area contributed by atoms with E-state index in [9.17, 15) is 0 Å². The minimum Gasteiger partial charge on any atom is -0.253 e. The molecule has 70 valence electrons. The molecule has 0 saturated carbocycles. The lowest BCUT2D eigenvalue weighted by atomic mass is 10.1. The smallest absolute Gasteiger partial charge is 0.0699 e. The first-order valence-electron chi connectivity index (χ1n) is 4.06. The summed E-state index contributed by atoms with van der Waals surface area (Å²) in [6.45, 7) is 9.50. The normalized spacial score (nSPS) is 8.69. The Bertz CT molecular complexity index is 305. The molecule has 0 aromatic carbocycles.